The summed E-state index contributed by atoms with van der Waals surface area (Å²) in [6.45, 7) is 2.70. The highest BCUT2D eigenvalue weighted by atomic mass is 32.2. The molecule has 2 amide bonds. The molecule has 1 aliphatic heterocycles. The lowest BCUT2D eigenvalue weighted by Crippen LogP contribution is -2.54. The molecular weight excluding hydrogens is 446 g/mol. The van der Waals surface area contributed by atoms with Crippen molar-refractivity contribution in [3.05, 3.63) is 6.33 Å². The fourth-order valence-electron chi connectivity index (χ4n) is 3.35. The van der Waals surface area contributed by atoms with Crippen LogP contribution in [0.15, 0.2) is 11.5 Å². The molecule has 3 rings (SSSR count). The number of ether oxygens (including phenoxy) is 1. The molecule has 0 saturated carbocycles. The van der Waals surface area contributed by atoms with Gasteiger partial charge in [-0.15, -0.1) is 0 Å². The maximum atomic E-state index is 12.6. The lowest BCUT2D eigenvalue weighted by Gasteiger charge is -2.30. The Kier molecular flexibility index (Phi) is 6.71. The number of nitrogens with zero attached hydrogens (tertiary/aromatic N) is 5. The topological polar surface area (TPSA) is 223 Å². The zero-order chi connectivity index (χ0) is 24.0. The molecule has 0 unspecified atom stereocenters. The largest absolute Gasteiger partial charge is 0.394 e. The number of hydroxylamine groups is 1. The van der Waals surface area contributed by atoms with Gasteiger partial charge in [0.25, 0.3) is 17.5 Å². The Bertz CT molecular complexity index is 1030. The van der Waals surface area contributed by atoms with Gasteiger partial charge in [0.2, 0.25) is 0 Å². The zero-order valence-corrected chi connectivity index (χ0v) is 18.3. The number of aromatic nitrogens is 4. The van der Waals surface area contributed by atoms with Gasteiger partial charge in [0.15, 0.2) is 22.1 Å². The van der Waals surface area contributed by atoms with Crippen LogP contribution in [0.1, 0.15) is 13.8 Å². The summed E-state index contributed by atoms with van der Waals surface area (Å²) < 4.78 is 6.47. The molecular formula is C17H25N7O7S. The molecule has 15 heteroatoms. The molecule has 14 nitrogen and oxygen atoms in total. The van der Waals surface area contributed by atoms with Crippen LogP contribution >= 0.6 is 11.8 Å². The van der Waals surface area contributed by atoms with Crippen molar-refractivity contribution in [2.45, 2.75) is 49.1 Å². The molecule has 0 aromatic carbocycles. The number of nitrogens with two attached hydrogens (primary N) is 2. The molecule has 1 aliphatic rings. The molecule has 1 fully saturated rings. The lowest BCUT2D eigenvalue weighted by molar-refractivity contribution is -0.173. The van der Waals surface area contributed by atoms with Gasteiger partial charge in [0.1, 0.15) is 24.6 Å². The van der Waals surface area contributed by atoms with Crippen LogP contribution in [-0.2, 0) is 20.1 Å². The number of hydrogen-bond donors (Lipinski definition) is 6. The van der Waals surface area contributed by atoms with E-state index in [1.165, 1.54) is 0 Å². The average Bonchev–Trinajstić information content (AvgIpc) is 3.31. The SMILES string of the molecule is CSc1nc(N(O)C(=O)[C@@H](N)C(C)C)c2ncn([C@]3(C(N)=O)O[C@H](CO)[C@@H](O)[C@H]3O)c2n1. The Morgan fingerprint density at radius 1 is 1.38 bits per heavy atom. The van der Waals surface area contributed by atoms with Crippen molar-refractivity contribution in [2.75, 3.05) is 17.9 Å². The van der Waals surface area contributed by atoms with E-state index in [1.54, 1.807) is 20.1 Å². The van der Waals surface area contributed by atoms with Crippen LogP contribution in [0.5, 0.6) is 0 Å². The predicted molar refractivity (Wildman–Crippen MR) is 110 cm³/mol. The molecule has 1 saturated heterocycles. The fraction of sp³-hybridized carbons (Fsp3) is 0.588. The van der Waals surface area contributed by atoms with Crippen LogP contribution in [-0.4, -0.2) is 89.1 Å². The van der Waals surface area contributed by atoms with E-state index < -0.39 is 48.5 Å². The number of rotatable bonds is 7. The van der Waals surface area contributed by atoms with E-state index in [0.717, 1.165) is 22.7 Å². The third-order valence-corrected chi connectivity index (χ3v) is 5.83. The van der Waals surface area contributed by atoms with Gasteiger partial charge < -0.3 is 31.5 Å². The summed E-state index contributed by atoms with van der Waals surface area (Å²) in [5, 5.41) is 41.2. The van der Waals surface area contributed by atoms with E-state index in [0.29, 0.717) is 0 Å². The molecule has 32 heavy (non-hydrogen) atoms. The number of thioether (sulfide) groups is 1. The second-order valence-electron chi connectivity index (χ2n) is 7.58. The van der Waals surface area contributed by atoms with Gasteiger partial charge in [-0.3, -0.25) is 19.4 Å². The van der Waals surface area contributed by atoms with Crippen LogP contribution in [0, 0.1) is 5.92 Å². The normalized spacial score (nSPS) is 26.6. The van der Waals surface area contributed by atoms with Crippen molar-refractivity contribution in [1.82, 2.24) is 19.5 Å². The Labute approximate surface area is 186 Å². The Hall–Kier alpha value is -2.40. The Morgan fingerprint density at radius 3 is 2.53 bits per heavy atom. The number of fused-ring (bicyclic) bond motifs is 1. The van der Waals surface area contributed by atoms with E-state index in [1.807, 2.05) is 0 Å². The van der Waals surface area contributed by atoms with Crippen LogP contribution < -0.4 is 16.5 Å². The first-order valence-electron chi connectivity index (χ1n) is 9.53. The van der Waals surface area contributed by atoms with Crippen molar-refractivity contribution in [3.63, 3.8) is 0 Å². The average molecular weight is 471 g/mol. The smallest absolute Gasteiger partial charge is 0.274 e. The number of aliphatic hydroxyl groups excluding tert-OH is 3. The van der Waals surface area contributed by atoms with Crippen LogP contribution in [0.3, 0.4) is 0 Å². The summed E-state index contributed by atoms with van der Waals surface area (Å²) in [5.41, 5.74) is 8.74. The maximum Gasteiger partial charge on any atom is 0.274 e. The highest BCUT2D eigenvalue weighted by molar-refractivity contribution is 7.98. The molecule has 3 heterocycles. The Balaban J connectivity index is 2.23. The number of amides is 2. The summed E-state index contributed by atoms with van der Waals surface area (Å²) in [5.74, 6) is -2.64. The molecule has 0 radical (unpaired) electrons. The number of carbonyl (C=O) groups is 2. The number of aliphatic hydroxyl groups is 3. The molecule has 2 aromatic heterocycles. The summed E-state index contributed by atoms with van der Waals surface area (Å²) in [7, 11) is 0. The summed E-state index contributed by atoms with van der Waals surface area (Å²) >= 11 is 1.06. The molecule has 0 spiro atoms. The molecule has 5 atom stereocenters. The second-order valence-corrected chi connectivity index (χ2v) is 8.35. The quantitative estimate of drug-likeness (QED) is 0.107. The molecule has 0 aliphatic carbocycles. The van der Waals surface area contributed by atoms with Gasteiger partial charge >= 0.3 is 0 Å². The van der Waals surface area contributed by atoms with E-state index in [9.17, 15) is 30.1 Å². The van der Waals surface area contributed by atoms with E-state index >= 15 is 0 Å². The minimum atomic E-state index is -2.37. The molecule has 2 aromatic rings. The first kappa shape index (κ1) is 24.2. The zero-order valence-electron chi connectivity index (χ0n) is 17.5. The van der Waals surface area contributed by atoms with Crippen molar-refractivity contribution >= 4 is 40.6 Å². The summed E-state index contributed by atoms with van der Waals surface area (Å²) in [6.07, 6.45) is -2.19. The number of hydrogen-bond acceptors (Lipinski definition) is 12. The van der Waals surface area contributed by atoms with E-state index in [-0.39, 0.29) is 33.1 Å². The van der Waals surface area contributed by atoms with Crippen molar-refractivity contribution in [1.29, 1.82) is 0 Å². The molecule has 0 bridgehead atoms. The van der Waals surface area contributed by atoms with Gasteiger partial charge in [-0.25, -0.2) is 9.97 Å². The molecule has 176 valence electrons. The highest BCUT2D eigenvalue weighted by Gasteiger charge is 2.60. The fourth-order valence-corrected chi connectivity index (χ4v) is 3.71. The van der Waals surface area contributed by atoms with Crippen LogP contribution in [0.2, 0.25) is 0 Å². The first-order valence-corrected chi connectivity index (χ1v) is 10.8. The van der Waals surface area contributed by atoms with E-state index in [2.05, 4.69) is 15.0 Å². The van der Waals surface area contributed by atoms with Crippen molar-refractivity contribution in [3.8, 4) is 0 Å². The Morgan fingerprint density at radius 2 is 2.03 bits per heavy atom. The van der Waals surface area contributed by atoms with Crippen LogP contribution in [0.25, 0.3) is 11.2 Å². The lowest BCUT2D eigenvalue weighted by atomic mass is 10.0. The van der Waals surface area contributed by atoms with Crippen LogP contribution in [0.4, 0.5) is 5.82 Å². The maximum absolute atomic E-state index is 12.6. The first-order chi connectivity index (χ1) is 15.0. The van der Waals surface area contributed by atoms with Gasteiger partial charge in [-0.2, -0.15) is 10.0 Å². The number of imidazole rings is 1. The third kappa shape index (κ3) is 3.61. The number of primary amides is 1. The highest BCUT2D eigenvalue weighted by Crippen LogP contribution is 2.38. The minimum absolute atomic E-state index is 0.0746. The van der Waals surface area contributed by atoms with Gasteiger partial charge in [0, 0.05) is 0 Å². The molecule has 8 N–H and O–H groups in total. The van der Waals surface area contributed by atoms with Gasteiger partial charge in [0.05, 0.1) is 12.6 Å². The van der Waals surface area contributed by atoms with Crippen molar-refractivity contribution in [2.24, 2.45) is 17.4 Å². The number of carbonyl (C=O) groups excluding carboxylic acids is 2. The monoisotopic (exact) mass is 471 g/mol. The summed E-state index contributed by atoms with van der Waals surface area (Å²) in [4.78, 5) is 37.5. The van der Waals surface area contributed by atoms with Gasteiger partial charge in [-0.1, -0.05) is 25.6 Å². The van der Waals surface area contributed by atoms with E-state index in [4.69, 9.17) is 16.2 Å². The van der Waals surface area contributed by atoms with Gasteiger partial charge in [-0.05, 0) is 12.2 Å². The second kappa shape index (κ2) is 8.86. The third-order valence-electron chi connectivity index (χ3n) is 5.28. The van der Waals surface area contributed by atoms with Crippen molar-refractivity contribution < 1.29 is 34.9 Å². The minimum Gasteiger partial charge on any atom is -0.394 e. The predicted octanol–water partition coefficient (Wildman–Crippen LogP) is -2.50. The number of anilines is 1. The standard InChI is InChI=1S/C17H25N7O7S/c1-6(2)8(18)14(28)24(30)13-9-12(21-16(22-13)32-3)23(5-20-9)17(15(19)29)11(27)10(26)7(4-25)31-17/h5-8,10-11,25-27,30H,4,18H2,1-3H3,(H2,19,29)/t7-,8+,10-,11-,17+/m1/s1. The summed E-state index contributed by atoms with van der Waals surface area (Å²) in [6, 6.07) is -1.04.